The van der Waals surface area contributed by atoms with Gasteiger partial charge in [-0.25, -0.2) is 14.7 Å². The Hall–Kier alpha value is -2.21. The van der Waals surface area contributed by atoms with Crippen molar-refractivity contribution in [3.63, 3.8) is 0 Å². The Balaban J connectivity index is 0.00000320. The van der Waals surface area contributed by atoms with E-state index in [2.05, 4.69) is 31.0 Å². The molecule has 1 aliphatic rings. The highest BCUT2D eigenvalue weighted by Crippen LogP contribution is 2.13. The fraction of sp³-hybridized carbons (Fsp3) is 0.500. The number of halogens is 1. The second-order valence-corrected chi connectivity index (χ2v) is 6.90. The molecular weight excluding hydrogens is 497 g/mol. The number of carbonyl (C=O) groups is 1. The molecule has 1 atom stereocenters. The molecule has 9 nitrogen and oxygen atoms in total. The molecule has 2 aromatic rings. The minimum absolute atomic E-state index is 0. The number of nitrogens with one attached hydrogen (secondary N) is 3. The van der Waals surface area contributed by atoms with E-state index < -0.39 is 0 Å². The molecule has 164 valence electrons. The van der Waals surface area contributed by atoms with Crippen molar-refractivity contribution < 1.29 is 9.53 Å². The van der Waals surface area contributed by atoms with E-state index in [0.29, 0.717) is 31.5 Å². The molecule has 1 aliphatic heterocycles. The van der Waals surface area contributed by atoms with Gasteiger partial charge in [-0.1, -0.05) is 30.3 Å². The Labute approximate surface area is 194 Å². The Morgan fingerprint density at radius 3 is 2.83 bits per heavy atom. The van der Waals surface area contributed by atoms with Gasteiger partial charge in [-0.3, -0.25) is 4.79 Å². The van der Waals surface area contributed by atoms with Gasteiger partial charge >= 0.3 is 0 Å². The van der Waals surface area contributed by atoms with Crippen molar-refractivity contribution >= 4 is 35.8 Å². The van der Waals surface area contributed by atoms with Crippen LogP contribution in [0.1, 0.15) is 30.6 Å². The van der Waals surface area contributed by atoms with Crippen LogP contribution in [0.15, 0.2) is 35.3 Å². The number of rotatable bonds is 8. The Bertz CT molecular complexity index is 826. The van der Waals surface area contributed by atoms with Gasteiger partial charge in [0.2, 0.25) is 5.91 Å². The smallest absolute Gasteiger partial charge is 0.242 e. The first-order valence-electron chi connectivity index (χ1n) is 9.95. The van der Waals surface area contributed by atoms with Crippen LogP contribution < -0.4 is 16.0 Å². The van der Waals surface area contributed by atoms with Gasteiger partial charge in [0.25, 0.3) is 0 Å². The van der Waals surface area contributed by atoms with Crippen LogP contribution in [-0.2, 0) is 35.6 Å². The third kappa shape index (κ3) is 7.24. The first-order chi connectivity index (χ1) is 14.2. The standard InChI is InChI=1S/C20H29N7O2.HI/c1-3-21-20(23-12-19(28)22-11-15-7-5-4-6-8-15)24-16-9-10-18-25-17(14-29-2)26-27(18)13-16;/h4-8,16H,3,9-14H2,1-2H3,(H,22,28)(H2,21,23,24);1H. The molecule has 0 spiro atoms. The van der Waals surface area contributed by atoms with Gasteiger partial charge in [0, 0.05) is 32.7 Å². The van der Waals surface area contributed by atoms with E-state index in [9.17, 15) is 4.79 Å². The van der Waals surface area contributed by atoms with Gasteiger partial charge in [0.15, 0.2) is 11.8 Å². The maximum Gasteiger partial charge on any atom is 0.242 e. The number of amides is 1. The largest absolute Gasteiger partial charge is 0.377 e. The molecule has 0 saturated carbocycles. The van der Waals surface area contributed by atoms with Gasteiger partial charge in [-0.15, -0.1) is 24.0 Å². The van der Waals surface area contributed by atoms with E-state index in [1.165, 1.54) is 0 Å². The molecule has 0 fully saturated rings. The van der Waals surface area contributed by atoms with Crippen LogP contribution in [-0.4, -0.2) is 52.9 Å². The summed E-state index contributed by atoms with van der Waals surface area (Å²) in [4.78, 5) is 21.1. The summed E-state index contributed by atoms with van der Waals surface area (Å²) in [7, 11) is 1.64. The number of aliphatic imine (C=N–C) groups is 1. The molecule has 0 saturated heterocycles. The second kappa shape index (κ2) is 12.5. The number of aromatic nitrogens is 3. The third-order valence-electron chi connectivity index (χ3n) is 4.57. The maximum absolute atomic E-state index is 12.1. The lowest BCUT2D eigenvalue weighted by Crippen LogP contribution is -2.47. The number of benzene rings is 1. The number of aryl methyl sites for hydroxylation is 1. The molecule has 30 heavy (non-hydrogen) atoms. The van der Waals surface area contributed by atoms with Crippen molar-refractivity contribution in [2.45, 2.75) is 45.5 Å². The first-order valence-corrected chi connectivity index (χ1v) is 9.95. The van der Waals surface area contributed by atoms with E-state index in [1.807, 2.05) is 41.9 Å². The molecule has 3 rings (SSSR count). The molecule has 10 heteroatoms. The number of methoxy groups -OCH3 is 1. The summed E-state index contributed by atoms with van der Waals surface area (Å²) < 4.78 is 7.03. The summed E-state index contributed by atoms with van der Waals surface area (Å²) in [6, 6.07) is 10.00. The number of nitrogens with zero attached hydrogens (tertiary/aromatic N) is 4. The summed E-state index contributed by atoms with van der Waals surface area (Å²) in [5.41, 5.74) is 1.06. The lowest BCUT2D eigenvalue weighted by Gasteiger charge is -2.25. The van der Waals surface area contributed by atoms with Gasteiger partial charge in [-0.05, 0) is 18.9 Å². The minimum Gasteiger partial charge on any atom is -0.377 e. The van der Waals surface area contributed by atoms with Gasteiger partial charge < -0.3 is 20.7 Å². The van der Waals surface area contributed by atoms with Gasteiger partial charge in [-0.2, -0.15) is 5.10 Å². The number of carbonyl (C=O) groups excluding carboxylic acids is 1. The summed E-state index contributed by atoms with van der Waals surface area (Å²) in [5.74, 6) is 2.21. The van der Waals surface area contributed by atoms with Crippen molar-refractivity contribution in [3.8, 4) is 0 Å². The molecule has 1 amide bonds. The van der Waals surface area contributed by atoms with E-state index >= 15 is 0 Å². The highest BCUT2D eigenvalue weighted by atomic mass is 127. The number of hydrogen-bond donors (Lipinski definition) is 3. The molecule has 2 heterocycles. The number of guanidine groups is 1. The second-order valence-electron chi connectivity index (χ2n) is 6.90. The molecule has 1 aromatic carbocycles. The fourth-order valence-electron chi connectivity index (χ4n) is 3.19. The predicted octanol–water partition coefficient (Wildman–Crippen LogP) is 1.23. The average molecular weight is 527 g/mol. The highest BCUT2D eigenvalue weighted by Gasteiger charge is 2.22. The quantitative estimate of drug-likeness (QED) is 0.271. The Kier molecular flexibility index (Phi) is 10.0. The minimum atomic E-state index is -0.113. The molecule has 1 aromatic heterocycles. The molecule has 0 radical (unpaired) electrons. The van der Waals surface area contributed by atoms with E-state index in [4.69, 9.17) is 4.74 Å². The predicted molar refractivity (Wildman–Crippen MR) is 126 cm³/mol. The fourth-order valence-corrected chi connectivity index (χ4v) is 3.19. The van der Waals surface area contributed by atoms with Gasteiger partial charge in [0.1, 0.15) is 19.0 Å². The van der Waals surface area contributed by atoms with Crippen LogP contribution >= 0.6 is 24.0 Å². The monoisotopic (exact) mass is 527 g/mol. The summed E-state index contributed by atoms with van der Waals surface area (Å²) in [6.07, 6.45) is 1.76. The maximum atomic E-state index is 12.1. The lowest BCUT2D eigenvalue weighted by atomic mass is 10.1. The third-order valence-corrected chi connectivity index (χ3v) is 4.57. The molecule has 0 bridgehead atoms. The zero-order chi connectivity index (χ0) is 20.5. The SMILES string of the molecule is CCNC(=NCC(=O)NCc1ccccc1)NC1CCc2nc(COC)nn2C1.I. The zero-order valence-corrected chi connectivity index (χ0v) is 19.8. The van der Waals surface area contributed by atoms with Gasteiger partial charge in [0.05, 0.1) is 6.54 Å². The topological polar surface area (TPSA) is 105 Å². The normalized spacial score (nSPS) is 15.7. The van der Waals surface area contributed by atoms with Crippen LogP contribution in [0.25, 0.3) is 0 Å². The summed E-state index contributed by atoms with van der Waals surface area (Å²) >= 11 is 0. The zero-order valence-electron chi connectivity index (χ0n) is 17.4. The number of ether oxygens (including phenoxy) is 1. The van der Waals surface area contributed by atoms with Crippen molar-refractivity contribution in [1.82, 2.24) is 30.7 Å². The van der Waals surface area contributed by atoms with Crippen LogP contribution in [0.2, 0.25) is 0 Å². The van der Waals surface area contributed by atoms with Crippen molar-refractivity contribution in [2.24, 2.45) is 4.99 Å². The average Bonchev–Trinajstić information content (AvgIpc) is 3.13. The number of fused-ring (bicyclic) bond motifs is 1. The summed E-state index contributed by atoms with van der Waals surface area (Å²) in [6.45, 7) is 4.41. The highest BCUT2D eigenvalue weighted by molar-refractivity contribution is 14.0. The summed E-state index contributed by atoms with van der Waals surface area (Å²) in [5, 5.41) is 14.0. The van der Waals surface area contributed by atoms with E-state index in [-0.39, 0.29) is 42.5 Å². The van der Waals surface area contributed by atoms with Crippen molar-refractivity contribution in [3.05, 3.63) is 47.5 Å². The Morgan fingerprint density at radius 2 is 2.10 bits per heavy atom. The van der Waals surface area contributed by atoms with Crippen molar-refractivity contribution in [2.75, 3.05) is 20.2 Å². The van der Waals surface area contributed by atoms with Crippen LogP contribution in [0.3, 0.4) is 0 Å². The first kappa shape index (κ1) is 24.1. The van der Waals surface area contributed by atoms with Crippen LogP contribution in [0.5, 0.6) is 0 Å². The molecule has 1 unspecified atom stereocenters. The van der Waals surface area contributed by atoms with Crippen LogP contribution in [0.4, 0.5) is 0 Å². The van der Waals surface area contributed by atoms with E-state index in [1.54, 1.807) is 7.11 Å². The van der Waals surface area contributed by atoms with E-state index in [0.717, 1.165) is 30.8 Å². The van der Waals surface area contributed by atoms with Crippen molar-refractivity contribution in [1.29, 1.82) is 0 Å². The lowest BCUT2D eigenvalue weighted by molar-refractivity contribution is -0.119. The molecule has 3 N–H and O–H groups in total. The van der Waals surface area contributed by atoms with Crippen LogP contribution in [0, 0.1) is 0 Å². The molecular formula is C20H30IN7O2. The number of hydrogen-bond acceptors (Lipinski definition) is 5. The Morgan fingerprint density at radius 1 is 1.30 bits per heavy atom. The molecule has 0 aliphatic carbocycles.